The van der Waals surface area contributed by atoms with E-state index in [-0.39, 0.29) is 23.6 Å². The number of nitrogens with zero attached hydrogens (tertiary/aromatic N) is 2. The van der Waals surface area contributed by atoms with Gasteiger partial charge in [0.1, 0.15) is 5.82 Å². The minimum absolute atomic E-state index is 0.0506. The van der Waals surface area contributed by atoms with Crippen LogP contribution in [0.2, 0.25) is 0 Å². The average Bonchev–Trinajstić information content (AvgIpc) is 2.88. The Morgan fingerprint density at radius 3 is 2.80 bits per heavy atom. The highest BCUT2D eigenvalue weighted by molar-refractivity contribution is 5.90. The van der Waals surface area contributed by atoms with Gasteiger partial charge in [0.2, 0.25) is 0 Å². The summed E-state index contributed by atoms with van der Waals surface area (Å²) >= 11 is 0. The molecule has 0 aliphatic heterocycles. The quantitative estimate of drug-likeness (QED) is 0.768. The van der Waals surface area contributed by atoms with Crippen molar-refractivity contribution in [2.24, 2.45) is 11.7 Å². The van der Waals surface area contributed by atoms with Gasteiger partial charge in [-0.25, -0.2) is 0 Å². The summed E-state index contributed by atoms with van der Waals surface area (Å²) in [6.07, 6.45) is 2.41. The van der Waals surface area contributed by atoms with Crippen molar-refractivity contribution >= 4 is 17.7 Å². The summed E-state index contributed by atoms with van der Waals surface area (Å²) < 4.78 is 5.02. The molecule has 0 saturated heterocycles. The number of nitrogens with two attached hydrogens (primary N) is 1. The van der Waals surface area contributed by atoms with Crippen molar-refractivity contribution in [1.82, 2.24) is 10.2 Å². The van der Waals surface area contributed by atoms with Crippen LogP contribution in [0, 0.1) is 5.92 Å². The van der Waals surface area contributed by atoms with Gasteiger partial charge in [-0.1, -0.05) is 0 Å². The number of esters is 1. The Hall–Kier alpha value is -2.18. The molecule has 7 heteroatoms. The molecule has 0 spiro atoms. The molecule has 2 rings (SSSR count). The van der Waals surface area contributed by atoms with E-state index >= 15 is 0 Å². The molecule has 2 atom stereocenters. The van der Waals surface area contributed by atoms with Crippen LogP contribution in [-0.2, 0) is 9.53 Å². The van der Waals surface area contributed by atoms with Crippen LogP contribution in [0.25, 0.3) is 0 Å². The number of ether oxygens (including phenoxy) is 1. The van der Waals surface area contributed by atoms with E-state index in [1.54, 1.807) is 13.0 Å². The van der Waals surface area contributed by atoms with Crippen LogP contribution in [0.15, 0.2) is 12.1 Å². The molecule has 1 aromatic rings. The fraction of sp³-hybridized carbons (Fsp3) is 0.538. The molecule has 0 radical (unpaired) electrons. The summed E-state index contributed by atoms with van der Waals surface area (Å²) in [5, 5.41) is 10.8. The summed E-state index contributed by atoms with van der Waals surface area (Å²) in [6, 6.07) is 3.35. The highest BCUT2D eigenvalue weighted by Crippen LogP contribution is 2.28. The van der Waals surface area contributed by atoms with Crippen molar-refractivity contribution in [3.8, 4) is 0 Å². The molecule has 7 nitrogen and oxygen atoms in total. The lowest BCUT2D eigenvalue weighted by molar-refractivity contribution is -0.147. The van der Waals surface area contributed by atoms with Gasteiger partial charge in [-0.05, 0) is 38.3 Å². The lowest BCUT2D eigenvalue weighted by atomic mass is 10.1. The fourth-order valence-corrected chi connectivity index (χ4v) is 2.34. The number of carbonyl (C=O) groups is 2. The first kappa shape index (κ1) is 14.2. The van der Waals surface area contributed by atoms with Gasteiger partial charge in [-0.2, -0.15) is 0 Å². The lowest BCUT2D eigenvalue weighted by Crippen LogP contribution is -2.21. The smallest absolute Gasteiger partial charge is 0.308 e. The highest BCUT2D eigenvalue weighted by Gasteiger charge is 2.31. The molecule has 1 amide bonds. The monoisotopic (exact) mass is 278 g/mol. The number of hydrogen-bond donors (Lipinski definition) is 2. The molecule has 1 aliphatic carbocycles. The summed E-state index contributed by atoms with van der Waals surface area (Å²) in [4.78, 5) is 22.5. The van der Waals surface area contributed by atoms with Crippen molar-refractivity contribution < 1.29 is 14.3 Å². The molecule has 1 aromatic heterocycles. The zero-order chi connectivity index (χ0) is 14.5. The first-order valence-electron chi connectivity index (χ1n) is 6.67. The van der Waals surface area contributed by atoms with E-state index in [0.717, 1.165) is 19.3 Å². The molecule has 108 valence electrons. The second-order valence-electron chi connectivity index (χ2n) is 4.77. The molecule has 1 saturated carbocycles. The highest BCUT2D eigenvalue weighted by atomic mass is 16.5. The first-order chi connectivity index (χ1) is 9.60. The van der Waals surface area contributed by atoms with Crippen LogP contribution in [-0.4, -0.2) is 34.7 Å². The van der Waals surface area contributed by atoms with Gasteiger partial charge in [0.05, 0.1) is 12.5 Å². The Balaban J connectivity index is 1.88. The van der Waals surface area contributed by atoms with Crippen LogP contribution in [0.4, 0.5) is 5.82 Å². The van der Waals surface area contributed by atoms with E-state index in [1.165, 1.54) is 6.07 Å². The first-order valence-corrected chi connectivity index (χ1v) is 6.67. The maximum atomic E-state index is 11.6. The third-order valence-electron chi connectivity index (χ3n) is 3.32. The number of hydrogen-bond acceptors (Lipinski definition) is 6. The number of rotatable bonds is 5. The van der Waals surface area contributed by atoms with Gasteiger partial charge in [0, 0.05) is 6.04 Å². The van der Waals surface area contributed by atoms with Crippen LogP contribution < -0.4 is 11.1 Å². The predicted octanol–water partition coefficient (Wildman–Crippen LogP) is 0.719. The van der Waals surface area contributed by atoms with Crippen molar-refractivity contribution in [2.45, 2.75) is 32.2 Å². The molecular formula is C13H18N4O3. The summed E-state index contributed by atoms with van der Waals surface area (Å²) in [5.41, 5.74) is 5.23. The van der Waals surface area contributed by atoms with Gasteiger partial charge in [-0.3, -0.25) is 9.59 Å². The SMILES string of the molecule is CCOC(=O)[C@@H]1CC[C@H](Nc2ccc(C(N)=O)nn2)C1. The number of anilines is 1. The molecule has 1 aliphatic rings. The number of aromatic nitrogens is 2. The second-order valence-corrected chi connectivity index (χ2v) is 4.77. The average molecular weight is 278 g/mol. The molecule has 3 N–H and O–H groups in total. The molecule has 1 heterocycles. The zero-order valence-corrected chi connectivity index (χ0v) is 11.3. The molecule has 0 unspecified atom stereocenters. The summed E-state index contributed by atoms with van der Waals surface area (Å²) in [5.74, 6) is -0.214. The van der Waals surface area contributed by atoms with Crippen LogP contribution in [0.5, 0.6) is 0 Å². The minimum atomic E-state index is -0.604. The van der Waals surface area contributed by atoms with Crippen LogP contribution in [0.1, 0.15) is 36.7 Å². The van der Waals surface area contributed by atoms with Gasteiger partial charge in [0.25, 0.3) is 5.91 Å². The van der Waals surface area contributed by atoms with E-state index in [2.05, 4.69) is 15.5 Å². The van der Waals surface area contributed by atoms with E-state index in [4.69, 9.17) is 10.5 Å². The Morgan fingerprint density at radius 2 is 2.20 bits per heavy atom. The predicted molar refractivity (Wildman–Crippen MR) is 71.9 cm³/mol. The normalized spacial score (nSPS) is 21.4. The van der Waals surface area contributed by atoms with E-state index < -0.39 is 5.91 Å². The largest absolute Gasteiger partial charge is 0.466 e. The Kier molecular flexibility index (Phi) is 4.49. The maximum Gasteiger partial charge on any atom is 0.308 e. The fourth-order valence-electron chi connectivity index (χ4n) is 2.34. The molecule has 20 heavy (non-hydrogen) atoms. The summed E-state index contributed by atoms with van der Waals surface area (Å²) in [6.45, 7) is 2.21. The van der Waals surface area contributed by atoms with Gasteiger partial charge >= 0.3 is 5.97 Å². The third kappa shape index (κ3) is 3.43. The number of primary amides is 1. The lowest BCUT2D eigenvalue weighted by Gasteiger charge is -2.13. The number of carbonyl (C=O) groups excluding carboxylic acids is 2. The van der Waals surface area contributed by atoms with Crippen molar-refractivity contribution in [3.63, 3.8) is 0 Å². The Morgan fingerprint density at radius 1 is 1.40 bits per heavy atom. The Bertz CT molecular complexity index is 489. The topological polar surface area (TPSA) is 107 Å². The third-order valence-corrected chi connectivity index (χ3v) is 3.32. The maximum absolute atomic E-state index is 11.6. The van der Waals surface area contributed by atoms with Gasteiger partial charge in [-0.15, -0.1) is 10.2 Å². The van der Waals surface area contributed by atoms with Crippen molar-refractivity contribution in [1.29, 1.82) is 0 Å². The second kappa shape index (κ2) is 6.31. The van der Waals surface area contributed by atoms with Gasteiger partial charge in [0.15, 0.2) is 5.69 Å². The van der Waals surface area contributed by atoms with Gasteiger partial charge < -0.3 is 15.8 Å². The standard InChI is InChI=1S/C13H18N4O3/c1-2-20-13(19)8-3-4-9(7-8)15-11-6-5-10(12(14)18)16-17-11/h5-6,8-9H,2-4,7H2,1H3,(H2,14,18)(H,15,17)/t8-,9+/m1/s1. The Labute approximate surface area is 116 Å². The number of nitrogens with one attached hydrogen (secondary N) is 1. The zero-order valence-electron chi connectivity index (χ0n) is 11.3. The van der Waals surface area contributed by atoms with Crippen molar-refractivity contribution in [2.75, 3.05) is 11.9 Å². The minimum Gasteiger partial charge on any atom is -0.466 e. The van der Waals surface area contributed by atoms with Crippen molar-refractivity contribution in [3.05, 3.63) is 17.8 Å². The van der Waals surface area contributed by atoms with Crippen LogP contribution >= 0.6 is 0 Å². The van der Waals surface area contributed by atoms with E-state index in [9.17, 15) is 9.59 Å². The van der Waals surface area contributed by atoms with E-state index in [0.29, 0.717) is 12.4 Å². The molecule has 1 fully saturated rings. The van der Waals surface area contributed by atoms with E-state index in [1.807, 2.05) is 0 Å². The number of amides is 1. The van der Waals surface area contributed by atoms with Crippen LogP contribution in [0.3, 0.4) is 0 Å². The molecular weight excluding hydrogens is 260 g/mol. The molecule has 0 aromatic carbocycles. The molecule has 0 bridgehead atoms. The summed E-state index contributed by atoms with van der Waals surface area (Å²) in [7, 11) is 0.